The fraction of sp³-hybridized carbons (Fsp3) is 0.0345. The molecule has 1 aliphatic carbocycles. The quantitative estimate of drug-likeness (QED) is 0.208. The number of oxime groups is 2. The Labute approximate surface area is 222 Å². The van der Waals surface area contributed by atoms with Crippen LogP contribution in [0.3, 0.4) is 0 Å². The van der Waals surface area contributed by atoms with Gasteiger partial charge in [0, 0.05) is 21.2 Å². The van der Waals surface area contributed by atoms with Gasteiger partial charge in [-0.1, -0.05) is 88.1 Å². The lowest BCUT2D eigenvalue weighted by molar-refractivity contribution is 0.0510. The van der Waals surface area contributed by atoms with E-state index >= 15 is 0 Å². The molecule has 0 amide bonds. The zero-order valence-electron chi connectivity index (χ0n) is 19.2. The van der Waals surface area contributed by atoms with Crippen LogP contribution >= 0.6 is 23.2 Å². The molecular weight excluding hydrogens is 511 g/mol. The SMILES string of the molecule is O=C(O/N=C1\c2ccccc2/C(=N\OC(=O)c2ccc(Cl)cc2)C1c1ccccc1)c1ccc(Cl)cc1. The van der Waals surface area contributed by atoms with E-state index in [1.165, 1.54) is 0 Å². The molecule has 8 heteroatoms. The molecule has 6 nitrogen and oxygen atoms in total. The van der Waals surface area contributed by atoms with Crippen LogP contribution in [0.2, 0.25) is 10.0 Å². The summed E-state index contributed by atoms with van der Waals surface area (Å²) in [5, 5.41) is 9.54. The topological polar surface area (TPSA) is 77.3 Å². The van der Waals surface area contributed by atoms with Crippen molar-refractivity contribution in [1.82, 2.24) is 0 Å². The number of benzene rings is 4. The second-order valence-corrected chi connectivity index (χ2v) is 8.99. The molecule has 0 heterocycles. The smallest absolute Gasteiger partial charge is 0.312 e. The molecule has 4 aromatic rings. The Kier molecular flexibility index (Phi) is 7.12. The van der Waals surface area contributed by atoms with Crippen molar-refractivity contribution in [2.45, 2.75) is 5.92 Å². The van der Waals surface area contributed by atoms with E-state index in [-0.39, 0.29) is 0 Å². The standard InChI is InChI=1S/C29H18Cl2N2O4/c30-21-14-10-19(11-15-21)28(34)36-32-26-23-8-4-5-9-24(23)27(25(26)18-6-2-1-3-7-18)33-37-29(35)20-12-16-22(31)17-13-20/h1-17,25H/b32-26+,33-27+. The fourth-order valence-electron chi connectivity index (χ4n) is 3.99. The van der Waals surface area contributed by atoms with Crippen LogP contribution in [0.15, 0.2) is 113 Å². The lowest BCUT2D eigenvalue weighted by Gasteiger charge is -2.13. The Balaban J connectivity index is 1.52. The van der Waals surface area contributed by atoms with Gasteiger partial charge in [-0.2, -0.15) is 0 Å². The molecule has 0 bridgehead atoms. The van der Waals surface area contributed by atoms with E-state index in [1.54, 1.807) is 48.5 Å². The van der Waals surface area contributed by atoms with Crippen LogP contribution in [0.4, 0.5) is 0 Å². The minimum atomic E-state index is -0.631. The minimum absolute atomic E-state index is 0.307. The first-order valence-electron chi connectivity index (χ1n) is 11.3. The van der Waals surface area contributed by atoms with Gasteiger partial charge in [-0.05, 0) is 54.1 Å². The van der Waals surface area contributed by atoms with E-state index < -0.39 is 17.9 Å². The number of fused-ring (bicyclic) bond motifs is 1. The van der Waals surface area contributed by atoms with Gasteiger partial charge in [0.15, 0.2) is 0 Å². The molecule has 0 fully saturated rings. The molecule has 0 unspecified atom stereocenters. The minimum Gasteiger partial charge on any atom is -0.312 e. The van der Waals surface area contributed by atoms with Crippen molar-refractivity contribution in [3.05, 3.63) is 141 Å². The lowest BCUT2D eigenvalue weighted by atomic mass is 9.93. The number of hydrogen-bond acceptors (Lipinski definition) is 6. The van der Waals surface area contributed by atoms with Gasteiger partial charge in [-0.25, -0.2) is 9.59 Å². The number of nitrogens with zero attached hydrogens (tertiary/aromatic N) is 2. The highest BCUT2D eigenvalue weighted by Gasteiger charge is 2.37. The highest BCUT2D eigenvalue weighted by Crippen LogP contribution is 2.36. The van der Waals surface area contributed by atoms with Gasteiger partial charge in [0.2, 0.25) is 0 Å². The van der Waals surface area contributed by atoms with Gasteiger partial charge in [0.05, 0.1) is 17.0 Å². The third kappa shape index (κ3) is 5.31. The van der Waals surface area contributed by atoms with Crippen LogP contribution in [0.25, 0.3) is 0 Å². The first-order chi connectivity index (χ1) is 18.0. The number of hydrogen-bond donors (Lipinski definition) is 0. The Hall–Kier alpha value is -4.26. The maximum atomic E-state index is 12.7. The van der Waals surface area contributed by atoms with Crippen molar-refractivity contribution in [1.29, 1.82) is 0 Å². The molecule has 1 aliphatic rings. The maximum absolute atomic E-state index is 12.7. The summed E-state index contributed by atoms with van der Waals surface area (Å²) in [6.45, 7) is 0. The number of halogens is 2. The van der Waals surface area contributed by atoms with Crippen LogP contribution in [-0.4, -0.2) is 23.4 Å². The van der Waals surface area contributed by atoms with Crippen LogP contribution in [0, 0.1) is 0 Å². The fourth-order valence-corrected chi connectivity index (χ4v) is 4.25. The number of rotatable bonds is 5. The van der Waals surface area contributed by atoms with E-state index in [1.807, 2.05) is 54.6 Å². The van der Waals surface area contributed by atoms with Gasteiger partial charge in [0.25, 0.3) is 0 Å². The third-order valence-corrected chi connectivity index (χ3v) is 6.28. The summed E-state index contributed by atoms with van der Waals surface area (Å²) in [6.07, 6.45) is 0. The Morgan fingerprint density at radius 1 is 0.568 bits per heavy atom. The third-order valence-electron chi connectivity index (χ3n) is 5.77. The Bertz CT molecular complexity index is 1420. The zero-order valence-corrected chi connectivity index (χ0v) is 20.7. The van der Waals surface area contributed by atoms with Gasteiger partial charge >= 0.3 is 11.9 Å². The van der Waals surface area contributed by atoms with Crippen molar-refractivity contribution in [2.24, 2.45) is 10.3 Å². The van der Waals surface area contributed by atoms with Gasteiger partial charge in [0.1, 0.15) is 11.4 Å². The maximum Gasteiger partial charge on any atom is 0.365 e. The summed E-state index contributed by atoms with van der Waals surface area (Å²) in [5.74, 6) is -1.81. The van der Waals surface area contributed by atoms with E-state index in [4.69, 9.17) is 32.9 Å². The highest BCUT2D eigenvalue weighted by molar-refractivity contribution is 6.33. The molecule has 0 aromatic heterocycles. The summed E-state index contributed by atoms with van der Waals surface area (Å²) in [4.78, 5) is 36.0. The highest BCUT2D eigenvalue weighted by atomic mass is 35.5. The van der Waals surface area contributed by atoms with Crippen molar-refractivity contribution >= 4 is 46.6 Å². The normalized spacial score (nSPS) is 15.0. The van der Waals surface area contributed by atoms with Gasteiger partial charge in [-0.15, -0.1) is 0 Å². The molecule has 0 N–H and O–H groups in total. The molecular formula is C29H18Cl2N2O4. The molecule has 0 atom stereocenters. The average Bonchev–Trinajstić information content (AvgIpc) is 3.25. The molecule has 37 heavy (non-hydrogen) atoms. The Morgan fingerprint density at radius 2 is 0.973 bits per heavy atom. The molecule has 0 aliphatic heterocycles. The van der Waals surface area contributed by atoms with E-state index in [0.717, 1.165) is 5.56 Å². The average molecular weight is 529 g/mol. The molecule has 5 rings (SSSR count). The van der Waals surface area contributed by atoms with Crippen LogP contribution in [-0.2, 0) is 9.68 Å². The van der Waals surface area contributed by atoms with Crippen molar-refractivity contribution < 1.29 is 19.3 Å². The van der Waals surface area contributed by atoms with Crippen LogP contribution in [0.1, 0.15) is 43.3 Å². The number of carbonyl (C=O) groups is 2. The molecule has 0 radical (unpaired) electrons. The second-order valence-electron chi connectivity index (χ2n) is 8.11. The summed E-state index contributed by atoms with van der Waals surface area (Å²) < 4.78 is 0. The van der Waals surface area contributed by atoms with Gasteiger partial charge < -0.3 is 9.68 Å². The summed E-state index contributed by atoms with van der Waals surface area (Å²) >= 11 is 11.8. The lowest BCUT2D eigenvalue weighted by Crippen LogP contribution is -2.17. The predicted molar refractivity (Wildman–Crippen MR) is 142 cm³/mol. The summed E-state index contributed by atoms with van der Waals surface area (Å²) in [5.41, 5.74) is 3.80. The summed E-state index contributed by atoms with van der Waals surface area (Å²) in [7, 11) is 0. The van der Waals surface area contributed by atoms with E-state index in [2.05, 4.69) is 10.3 Å². The zero-order chi connectivity index (χ0) is 25.8. The van der Waals surface area contributed by atoms with E-state index in [0.29, 0.717) is 43.7 Å². The first-order valence-corrected chi connectivity index (χ1v) is 12.0. The predicted octanol–water partition coefficient (Wildman–Crippen LogP) is 6.91. The van der Waals surface area contributed by atoms with Crippen molar-refractivity contribution in [3.8, 4) is 0 Å². The van der Waals surface area contributed by atoms with Crippen LogP contribution in [0.5, 0.6) is 0 Å². The second kappa shape index (κ2) is 10.8. The van der Waals surface area contributed by atoms with Crippen LogP contribution < -0.4 is 0 Å². The molecule has 4 aromatic carbocycles. The Morgan fingerprint density at radius 3 is 1.41 bits per heavy atom. The van der Waals surface area contributed by atoms with Gasteiger partial charge in [-0.3, -0.25) is 0 Å². The molecule has 0 spiro atoms. The summed E-state index contributed by atoms with van der Waals surface area (Å²) in [6, 6.07) is 29.5. The number of carbonyl (C=O) groups excluding carboxylic acids is 2. The monoisotopic (exact) mass is 528 g/mol. The first kappa shape index (κ1) is 24.4. The molecule has 0 saturated heterocycles. The molecule has 0 saturated carbocycles. The largest absolute Gasteiger partial charge is 0.365 e. The van der Waals surface area contributed by atoms with E-state index in [9.17, 15) is 9.59 Å². The van der Waals surface area contributed by atoms with Crippen molar-refractivity contribution in [2.75, 3.05) is 0 Å². The molecule has 182 valence electrons. The van der Waals surface area contributed by atoms with Crippen molar-refractivity contribution in [3.63, 3.8) is 0 Å².